The van der Waals surface area contributed by atoms with E-state index in [0.29, 0.717) is 26.0 Å². The van der Waals surface area contributed by atoms with Crippen LogP contribution in [0.5, 0.6) is 0 Å². The molecule has 1 N–H and O–H groups in total. The molecular weight excluding hydrogens is 244 g/mol. The molecule has 110 valence electrons. The SMILES string of the molecule is CCOC(C)(C)CN1CC(=O)NC(CC)(CC)C1=O. The first-order chi connectivity index (χ1) is 8.80. The van der Waals surface area contributed by atoms with Gasteiger partial charge in [-0.15, -0.1) is 0 Å². The summed E-state index contributed by atoms with van der Waals surface area (Å²) in [6, 6.07) is 0. The monoisotopic (exact) mass is 270 g/mol. The van der Waals surface area contributed by atoms with Crippen molar-refractivity contribution < 1.29 is 14.3 Å². The van der Waals surface area contributed by atoms with Gasteiger partial charge in [0.1, 0.15) is 5.54 Å². The normalized spacial score (nSPS) is 19.5. The van der Waals surface area contributed by atoms with Crippen molar-refractivity contribution in [1.82, 2.24) is 10.2 Å². The second kappa shape index (κ2) is 5.90. The summed E-state index contributed by atoms with van der Waals surface area (Å²) in [6.45, 7) is 10.8. The van der Waals surface area contributed by atoms with Gasteiger partial charge in [0.25, 0.3) is 0 Å². The molecular formula is C14H26N2O3. The number of nitrogens with zero attached hydrogens (tertiary/aromatic N) is 1. The summed E-state index contributed by atoms with van der Waals surface area (Å²) < 4.78 is 5.63. The molecule has 0 radical (unpaired) electrons. The van der Waals surface area contributed by atoms with Crippen LogP contribution < -0.4 is 5.32 Å². The Morgan fingerprint density at radius 3 is 2.32 bits per heavy atom. The van der Waals surface area contributed by atoms with Crippen LogP contribution in [0.1, 0.15) is 47.5 Å². The zero-order chi connectivity index (χ0) is 14.7. The summed E-state index contributed by atoms with van der Waals surface area (Å²) in [7, 11) is 0. The molecule has 1 saturated heterocycles. The average molecular weight is 270 g/mol. The summed E-state index contributed by atoms with van der Waals surface area (Å²) in [5.41, 5.74) is -1.17. The van der Waals surface area contributed by atoms with E-state index in [0.717, 1.165) is 0 Å². The summed E-state index contributed by atoms with van der Waals surface area (Å²) in [6.07, 6.45) is 1.22. The van der Waals surface area contributed by atoms with E-state index in [1.807, 2.05) is 34.6 Å². The van der Waals surface area contributed by atoms with Crippen molar-refractivity contribution in [3.8, 4) is 0 Å². The molecule has 0 aromatic carbocycles. The Balaban J connectivity index is 2.89. The van der Waals surface area contributed by atoms with E-state index >= 15 is 0 Å². The number of hydrogen-bond acceptors (Lipinski definition) is 3. The Kier molecular flexibility index (Phi) is 4.96. The predicted octanol–water partition coefficient (Wildman–Crippen LogP) is 1.32. The fourth-order valence-electron chi connectivity index (χ4n) is 2.66. The summed E-state index contributed by atoms with van der Waals surface area (Å²) >= 11 is 0. The average Bonchev–Trinajstić information content (AvgIpc) is 2.33. The first-order valence-electron chi connectivity index (χ1n) is 7.04. The lowest BCUT2D eigenvalue weighted by molar-refractivity contribution is -0.154. The molecule has 2 amide bonds. The van der Waals surface area contributed by atoms with Crippen LogP contribution in [-0.4, -0.2) is 47.6 Å². The maximum atomic E-state index is 12.6. The van der Waals surface area contributed by atoms with Crippen molar-refractivity contribution in [2.45, 2.75) is 58.6 Å². The van der Waals surface area contributed by atoms with Gasteiger partial charge in [-0.05, 0) is 33.6 Å². The van der Waals surface area contributed by atoms with Gasteiger partial charge in [-0.1, -0.05) is 13.8 Å². The van der Waals surface area contributed by atoms with E-state index in [4.69, 9.17) is 4.74 Å². The number of nitrogens with one attached hydrogen (secondary N) is 1. The molecule has 1 fully saturated rings. The fraction of sp³-hybridized carbons (Fsp3) is 0.857. The van der Waals surface area contributed by atoms with Gasteiger partial charge in [0.15, 0.2) is 0 Å². The Bertz CT molecular complexity index is 349. The van der Waals surface area contributed by atoms with Crippen LogP contribution in [0, 0.1) is 0 Å². The van der Waals surface area contributed by atoms with E-state index < -0.39 is 11.1 Å². The first kappa shape index (κ1) is 16.0. The lowest BCUT2D eigenvalue weighted by atomic mass is 9.88. The second-order valence-electron chi connectivity index (χ2n) is 5.69. The van der Waals surface area contributed by atoms with Crippen molar-refractivity contribution >= 4 is 11.8 Å². The lowest BCUT2D eigenvalue weighted by Gasteiger charge is -2.43. The third kappa shape index (κ3) is 3.47. The Morgan fingerprint density at radius 1 is 1.26 bits per heavy atom. The van der Waals surface area contributed by atoms with Crippen LogP contribution >= 0.6 is 0 Å². The highest BCUT2D eigenvalue weighted by Gasteiger charge is 2.45. The molecule has 0 aliphatic carbocycles. The number of ether oxygens (including phenoxy) is 1. The molecule has 5 heteroatoms. The van der Waals surface area contributed by atoms with Gasteiger partial charge >= 0.3 is 0 Å². The van der Waals surface area contributed by atoms with Crippen molar-refractivity contribution in [2.75, 3.05) is 19.7 Å². The van der Waals surface area contributed by atoms with Crippen LogP contribution in [0.2, 0.25) is 0 Å². The highest BCUT2D eigenvalue weighted by atomic mass is 16.5. The Morgan fingerprint density at radius 2 is 1.84 bits per heavy atom. The number of piperazine rings is 1. The third-order valence-electron chi connectivity index (χ3n) is 3.72. The number of hydrogen-bond donors (Lipinski definition) is 1. The molecule has 1 rings (SSSR count). The van der Waals surface area contributed by atoms with Crippen LogP contribution in [0.25, 0.3) is 0 Å². The number of carbonyl (C=O) groups excluding carboxylic acids is 2. The quantitative estimate of drug-likeness (QED) is 0.792. The van der Waals surface area contributed by atoms with Gasteiger partial charge in [-0.25, -0.2) is 0 Å². The minimum Gasteiger partial charge on any atom is -0.374 e. The first-order valence-corrected chi connectivity index (χ1v) is 7.04. The second-order valence-corrected chi connectivity index (χ2v) is 5.69. The summed E-state index contributed by atoms with van der Waals surface area (Å²) in [5, 5.41) is 2.86. The molecule has 0 aromatic rings. The number of rotatable bonds is 6. The number of carbonyl (C=O) groups is 2. The molecule has 1 aliphatic rings. The molecule has 19 heavy (non-hydrogen) atoms. The minimum absolute atomic E-state index is 0.00452. The maximum absolute atomic E-state index is 12.6. The van der Waals surface area contributed by atoms with Gasteiger partial charge in [0.2, 0.25) is 11.8 Å². The van der Waals surface area contributed by atoms with Gasteiger partial charge < -0.3 is 15.0 Å². The van der Waals surface area contributed by atoms with E-state index in [1.165, 1.54) is 0 Å². The van der Waals surface area contributed by atoms with E-state index in [1.54, 1.807) is 4.90 Å². The van der Waals surface area contributed by atoms with E-state index in [2.05, 4.69) is 5.32 Å². The summed E-state index contributed by atoms with van der Waals surface area (Å²) in [4.78, 5) is 26.1. The largest absolute Gasteiger partial charge is 0.374 e. The molecule has 0 aromatic heterocycles. The Hall–Kier alpha value is -1.10. The van der Waals surface area contributed by atoms with Gasteiger partial charge in [-0.2, -0.15) is 0 Å². The molecule has 0 bridgehead atoms. The third-order valence-corrected chi connectivity index (χ3v) is 3.72. The maximum Gasteiger partial charge on any atom is 0.248 e. The highest BCUT2D eigenvalue weighted by Crippen LogP contribution is 2.24. The number of amides is 2. The summed E-state index contributed by atoms with van der Waals surface area (Å²) in [5.74, 6) is -0.0829. The van der Waals surface area contributed by atoms with Crippen molar-refractivity contribution in [1.29, 1.82) is 0 Å². The smallest absolute Gasteiger partial charge is 0.248 e. The predicted molar refractivity (Wildman–Crippen MR) is 73.7 cm³/mol. The topological polar surface area (TPSA) is 58.6 Å². The molecule has 0 atom stereocenters. The van der Waals surface area contributed by atoms with Crippen molar-refractivity contribution in [2.24, 2.45) is 0 Å². The van der Waals surface area contributed by atoms with Crippen LogP contribution in [-0.2, 0) is 14.3 Å². The molecule has 1 heterocycles. The highest BCUT2D eigenvalue weighted by molar-refractivity contribution is 5.97. The molecule has 1 aliphatic heterocycles. The van der Waals surface area contributed by atoms with Crippen molar-refractivity contribution in [3.05, 3.63) is 0 Å². The minimum atomic E-state index is -0.738. The van der Waals surface area contributed by atoms with Crippen molar-refractivity contribution in [3.63, 3.8) is 0 Å². The van der Waals surface area contributed by atoms with E-state index in [-0.39, 0.29) is 18.4 Å². The standard InChI is InChI=1S/C14H26N2O3/c1-6-14(7-2)12(18)16(9-11(17)15-14)10-13(4,5)19-8-3/h6-10H2,1-5H3,(H,15,17). The molecule has 0 unspecified atom stereocenters. The zero-order valence-electron chi connectivity index (χ0n) is 12.7. The molecule has 0 saturated carbocycles. The van der Waals surface area contributed by atoms with Crippen LogP contribution in [0.3, 0.4) is 0 Å². The fourth-order valence-corrected chi connectivity index (χ4v) is 2.66. The van der Waals surface area contributed by atoms with E-state index in [9.17, 15) is 9.59 Å². The van der Waals surface area contributed by atoms with Gasteiger partial charge in [-0.3, -0.25) is 9.59 Å². The lowest BCUT2D eigenvalue weighted by Crippen LogP contribution is -2.67. The molecule has 0 spiro atoms. The van der Waals surface area contributed by atoms with Gasteiger partial charge in [0, 0.05) is 13.2 Å². The van der Waals surface area contributed by atoms with Crippen LogP contribution in [0.15, 0.2) is 0 Å². The zero-order valence-corrected chi connectivity index (χ0v) is 12.7. The van der Waals surface area contributed by atoms with Crippen LogP contribution in [0.4, 0.5) is 0 Å². The van der Waals surface area contributed by atoms with Gasteiger partial charge in [0.05, 0.1) is 12.1 Å². The molecule has 5 nitrogen and oxygen atoms in total. The Labute approximate surface area is 115 Å².